The van der Waals surface area contributed by atoms with Gasteiger partial charge in [0.2, 0.25) is 5.91 Å². The molecule has 4 atom stereocenters. The second-order valence-electron chi connectivity index (χ2n) is 8.95. The number of rotatable bonds is 5. The van der Waals surface area contributed by atoms with Crippen LogP contribution in [0, 0.1) is 11.8 Å². The summed E-state index contributed by atoms with van der Waals surface area (Å²) in [4.78, 5) is 26.1. The Labute approximate surface area is 192 Å². The van der Waals surface area contributed by atoms with Crippen molar-refractivity contribution in [3.63, 3.8) is 0 Å². The van der Waals surface area contributed by atoms with Crippen LogP contribution in [0.1, 0.15) is 24.6 Å². The Balaban J connectivity index is 1.29. The van der Waals surface area contributed by atoms with Crippen molar-refractivity contribution in [1.82, 2.24) is 21.5 Å². The lowest BCUT2D eigenvalue weighted by Crippen LogP contribution is -2.71. The number of carboxylic acid groups (broad SMARTS) is 1. The topological polar surface area (TPSA) is 118 Å². The zero-order valence-electron chi connectivity index (χ0n) is 18.3. The van der Waals surface area contributed by atoms with Crippen LogP contribution in [-0.4, -0.2) is 48.8 Å². The molecule has 3 aliphatic heterocycles. The lowest BCUT2D eigenvalue weighted by molar-refractivity contribution is -0.142. The van der Waals surface area contributed by atoms with E-state index in [-0.39, 0.29) is 36.1 Å². The predicted molar refractivity (Wildman–Crippen MR) is 125 cm³/mol. The number of amides is 1. The number of carbonyl (C=O) groups is 2. The van der Waals surface area contributed by atoms with Crippen LogP contribution >= 0.6 is 0 Å². The summed E-state index contributed by atoms with van der Waals surface area (Å²) in [5.74, 6) is -1.26. The van der Waals surface area contributed by atoms with Crippen LogP contribution in [-0.2, 0) is 9.59 Å². The molecule has 2 aromatic carbocycles. The van der Waals surface area contributed by atoms with Crippen molar-refractivity contribution >= 4 is 23.3 Å². The largest absolute Gasteiger partial charge is 0.481 e. The maximum atomic E-state index is 12.7. The first kappa shape index (κ1) is 21.7. The Hall–Kier alpha value is -3.14. The second kappa shape index (κ2) is 9.38. The highest BCUT2D eigenvalue weighted by atomic mass is 16.4. The van der Waals surface area contributed by atoms with Gasteiger partial charge in [-0.2, -0.15) is 0 Å². The number of carboxylic acids is 1. The molecule has 33 heavy (non-hydrogen) atoms. The molecule has 0 bridgehead atoms. The van der Waals surface area contributed by atoms with Gasteiger partial charge in [0.1, 0.15) is 0 Å². The fraction of sp³-hybridized carbons (Fsp3) is 0.417. The molecule has 0 saturated carbocycles. The molecule has 3 heterocycles. The number of hydrogen-bond acceptors (Lipinski definition) is 7. The molecular formula is C24H30N6O3. The van der Waals surface area contributed by atoms with Crippen LogP contribution in [0.5, 0.6) is 0 Å². The van der Waals surface area contributed by atoms with E-state index in [1.165, 1.54) is 0 Å². The molecule has 0 aromatic heterocycles. The van der Waals surface area contributed by atoms with Gasteiger partial charge in [-0.25, -0.2) is 5.43 Å². The van der Waals surface area contributed by atoms with Crippen LogP contribution in [0.4, 0.5) is 11.4 Å². The van der Waals surface area contributed by atoms with E-state index in [1.54, 1.807) is 0 Å². The van der Waals surface area contributed by atoms with Gasteiger partial charge in [0.25, 0.3) is 0 Å². The third-order valence-electron chi connectivity index (χ3n) is 6.89. The molecule has 2 aromatic rings. The SMILES string of the molecule is O=C(O)C1CCN(c2ccc(NC3NC(c4ccccc4)NC4CNNC(=O)C43)cc2)CC1. The zero-order valence-corrected chi connectivity index (χ0v) is 18.3. The quantitative estimate of drug-likeness (QED) is 0.403. The van der Waals surface area contributed by atoms with E-state index in [9.17, 15) is 14.7 Å². The highest BCUT2D eigenvalue weighted by Gasteiger charge is 2.43. The van der Waals surface area contributed by atoms with Crippen molar-refractivity contribution in [2.75, 3.05) is 29.9 Å². The summed E-state index contributed by atoms with van der Waals surface area (Å²) in [5.41, 5.74) is 8.87. The number of nitrogens with zero attached hydrogens (tertiary/aromatic N) is 1. The van der Waals surface area contributed by atoms with E-state index in [2.05, 4.69) is 56.0 Å². The number of hydrogen-bond donors (Lipinski definition) is 6. The molecule has 6 N–H and O–H groups in total. The Morgan fingerprint density at radius 3 is 2.42 bits per heavy atom. The average molecular weight is 451 g/mol. The monoisotopic (exact) mass is 450 g/mol. The number of hydrazine groups is 1. The fourth-order valence-electron chi connectivity index (χ4n) is 5.03. The van der Waals surface area contributed by atoms with E-state index in [4.69, 9.17) is 0 Å². The van der Waals surface area contributed by atoms with Gasteiger partial charge in [-0.15, -0.1) is 0 Å². The number of anilines is 2. The highest BCUT2D eigenvalue weighted by Crippen LogP contribution is 2.28. The van der Waals surface area contributed by atoms with Gasteiger partial charge in [0.15, 0.2) is 0 Å². The maximum absolute atomic E-state index is 12.7. The number of carbonyl (C=O) groups excluding carboxylic acids is 1. The van der Waals surface area contributed by atoms with Gasteiger partial charge in [-0.3, -0.25) is 25.6 Å². The van der Waals surface area contributed by atoms with Crippen molar-refractivity contribution < 1.29 is 14.7 Å². The van der Waals surface area contributed by atoms with Gasteiger partial charge >= 0.3 is 5.97 Å². The third kappa shape index (κ3) is 4.66. The lowest BCUT2D eigenvalue weighted by Gasteiger charge is -2.46. The van der Waals surface area contributed by atoms with Crippen molar-refractivity contribution in [2.45, 2.75) is 31.2 Å². The molecule has 9 nitrogen and oxygen atoms in total. The van der Waals surface area contributed by atoms with E-state index in [0.29, 0.717) is 19.4 Å². The van der Waals surface area contributed by atoms with E-state index in [1.807, 2.05) is 30.3 Å². The standard InChI is InChI=1S/C24H30N6O3/c31-23-20-19(14-25-29-23)27-21(15-4-2-1-3-5-15)28-22(20)26-17-6-8-18(9-7-17)30-12-10-16(11-13-30)24(32)33/h1-9,16,19-22,25-28H,10-14H2,(H,29,31)(H,32,33). The van der Waals surface area contributed by atoms with Crippen LogP contribution in [0.15, 0.2) is 54.6 Å². The average Bonchev–Trinajstić information content (AvgIpc) is 2.85. The molecule has 0 spiro atoms. The first-order valence-corrected chi connectivity index (χ1v) is 11.5. The highest BCUT2D eigenvalue weighted by molar-refractivity contribution is 5.81. The number of fused-ring (bicyclic) bond motifs is 1. The Bertz CT molecular complexity index is 977. The minimum atomic E-state index is -0.697. The minimum absolute atomic E-state index is 0.0162. The summed E-state index contributed by atoms with van der Waals surface area (Å²) in [6.45, 7) is 2.13. The molecule has 3 fully saturated rings. The van der Waals surface area contributed by atoms with Crippen LogP contribution in [0.3, 0.4) is 0 Å². The normalized spacial score (nSPS) is 28.0. The smallest absolute Gasteiger partial charge is 0.306 e. The van der Waals surface area contributed by atoms with Gasteiger partial charge < -0.3 is 15.3 Å². The van der Waals surface area contributed by atoms with Crippen molar-refractivity contribution in [1.29, 1.82) is 0 Å². The summed E-state index contributed by atoms with van der Waals surface area (Å²) in [5, 5.41) is 19.9. The summed E-state index contributed by atoms with van der Waals surface area (Å²) in [6.07, 6.45) is 1.01. The number of piperidine rings is 1. The Morgan fingerprint density at radius 1 is 1.00 bits per heavy atom. The van der Waals surface area contributed by atoms with Crippen molar-refractivity contribution in [3.05, 3.63) is 60.2 Å². The number of nitrogens with one attached hydrogen (secondary N) is 5. The molecule has 0 aliphatic carbocycles. The van der Waals surface area contributed by atoms with Gasteiger partial charge in [-0.05, 0) is 42.7 Å². The summed E-state index contributed by atoms with van der Waals surface area (Å²) in [6, 6.07) is 18.3. The van der Waals surface area contributed by atoms with Gasteiger partial charge in [-0.1, -0.05) is 30.3 Å². The molecule has 5 rings (SSSR count). The zero-order chi connectivity index (χ0) is 22.8. The Kier molecular flexibility index (Phi) is 6.17. The lowest BCUT2D eigenvalue weighted by atomic mass is 9.89. The molecule has 174 valence electrons. The summed E-state index contributed by atoms with van der Waals surface area (Å²) in [7, 11) is 0. The van der Waals surface area contributed by atoms with Crippen molar-refractivity contribution in [3.8, 4) is 0 Å². The molecule has 4 unspecified atom stereocenters. The first-order valence-electron chi connectivity index (χ1n) is 11.5. The van der Waals surface area contributed by atoms with Crippen molar-refractivity contribution in [2.24, 2.45) is 11.8 Å². The van der Waals surface area contributed by atoms with E-state index >= 15 is 0 Å². The maximum Gasteiger partial charge on any atom is 0.306 e. The minimum Gasteiger partial charge on any atom is -0.481 e. The predicted octanol–water partition coefficient (Wildman–Crippen LogP) is 1.24. The number of aliphatic carboxylic acids is 1. The molecular weight excluding hydrogens is 420 g/mol. The fourth-order valence-corrected chi connectivity index (χ4v) is 5.03. The molecule has 3 aliphatic rings. The summed E-state index contributed by atoms with van der Waals surface area (Å²) >= 11 is 0. The van der Waals surface area contributed by atoms with E-state index < -0.39 is 5.97 Å². The van der Waals surface area contributed by atoms with E-state index in [0.717, 1.165) is 30.0 Å². The van der Waals surface area contributed by atoms with Gasteiger partial charge in [0.05, 0.1) is 24.2 Å². The first-order chi connectivity index (χ1) is 16.1. The van der Waals surface area contributed by atoms with Crippen LogP contribution in [0.25, 0.3) is 0 Å². The Morgan fingerprint density at radius 2 is 1.73 bits per heavy atom. The molecule has 3 saturated heterocycles. The van der Waals surface area contributed by atoms with Gasteiger partial charge in [0, 0.05) is 37.1 Å². The molecule has 9 heteroatoms. The van der Waals surface area contributed by atoms with Crippen LogP contribution in [0.2, 0.25) is 0 Å². The number of benzene rings is 2. The summed E-state index contributed by atoms with van der Waals surface area (Å²) < 4.78 is 0. The second-order valence-corrected chi connectivity index (χ2v) is 8.95. The molecule has 0 radical (unpaired) electrons. The molecule has 1 amide bonds. The third-order valence-corrected chi connectivity index (χ3v) is 6.89. The van der Waals surface area contributed by atoms with Crippen LogP contribution < -0.4 is 31.7 Å².